The molecule has 4 heteroatoms. The second-order valence-corrected chi connectivity index (χ2v) is 5.30. The largest absolute Gasteiger partial charge is 0.349 e. The van der Waals surface area contributed by atoms with Crippen molar-refractivity contribution in [2.45, 2.75) is 39.2 Å². The molecule has 16 heavy (non-hydrogen) atoms. The first-order chi connectivity index (χ1) is 7.63. The average molecular weight is 240 g/mol. The summed E-state index contributed by atoms with van der Waals surface area (Å²) < 4.78 is 0. The van der Waals surface area contributed by atoms with Crippen molar-refractivity contribution in [1.82, 2.24) is 5.32 Å². The highest BCUT2D eigenvalue weighted by molar-refractivity contribution is 7.12. The topological polar surface area (TPSA) is 55.1 Å². The molecule has 3 nitrogen and oxygen atoms in total. The lowest BCUT2D eigenvalue weighted by Gasteiger charge is -2.11. The van der Waals surface area contributed by atoms with E-state index in [0.717, 1.165) is 12.8 Å². The second kappa shape index (κ2) is 6.66. The summed E-state index contributed by atoms with van der Waals surface area (Å²) >= 11 is 1.73. The quantitative estimate of drug-likeness (QED) is 0.750. The molecule has 1 heterocycles. The van der Waals surface area contributed by atoms with Crippen LogP contribution in [0.4, 0.5) is 0 Å². The Labute approximate surface area is 101 Å². The number of nitrogens with two attached hydrogens (primary N) is 1. The van der Waals surface area contributed by atoms with Gasteiger partial charge in [0, 0.05) is 16.2 Å². The molecule has 1 rings (SSSR count). The van der Waals surface area contributed by atoms with Crippen LogP contribution in [-0.2, 0) is 4.79 Å². The summed E-state index contributed by atoms with van der Waals surface area (Å²) in [4.78, 5) is 14.1. The molecule has 0 saturated heterocycles. The molecule has 0 aromatic carbocycles. The molecule has 0 saturated carbocycles. The predicted octanol–water partition coefficient (Wildman–Crippen LogP) is 2.36. The van der Waals surface area contributed by atoms with E-state index in [0.29, 0.717) is 13.0 Å². The first-order valence-corrected chi connectivity index (χ1v) is 6.51. The summed E-state index contributed by atoms with van der Waals surface area (Å²) in [6, 6.07) is 4.27. The summed E-state index contributed by atoms with van der Waals surface area (Å²) in [6.45, 7) is 4.75. The molecule has 0 bridgehead atoms. The zero-order valence-corrected chi connectivity index (χ0v) is 10.8. The van der Waals surface area contributed by atoms with Crippen molar-refractivity contribution in [2.24, 2.45) is 5.73 Å². The van der Waals surface area contributed by atoms with E-state index < -0.39 is 0 Å². The van der Waals surface area contributed by atoms with Gasteiger partial charge < -0.3 is 11.1 Å². The van der Waals surface area contributed by atoms with E-state index in [9.17, 15) is 4.79 Å². The van der Waals surface area contributed by atoms with Gasteiger partial charge in [-0.1, -0.05) is 0 Å². The zero-order valence-electron chi connectivity index (χ0n) is 9.95. The number of unbranched alkanes of at least 4 members (excludes halogenated alkanes) is 1. The monoisotopic (exact) mass is 240 g/mol. The average Bonchev–Trinajstić information content (AvgIpc) is 2.65. The first-order valence-electron chi connectivity index (χ1n) is 5.69. The number of nitrogens with one attached hydrogen (secondary N) is 1. The molecule has 0 aliphatic carbocycles. The Kier molecular flexibility index (Phi) is 5.49. The Morgan fingerprint density at radius 1 is 1.50 bits per heavy atom. The van der Waals surface area contributed by atoms with Crippen LogP contribution in [0.15, 0.2) is 12.1 Å². The Bertz CT molecular complexity index is 336. The van der Waals surface area contributed by atoms with E-state index in [-0.39, 0.29) is 11.9 Å². The fourth-order valence-electron chi connectivity index (χ4n) is 1.50. The number of aryl methyl sites for hydroxylation is 1. The van der Waals surface area contributed by atoms with Crippen molar-refractivity contribution in [3.8, 4) is 0 Å². The third-order valence-electron chi connectivity index (χ3n) is 2.42. The van der Waals surface area contributed by atoms with Gasteiger partial charge in [-0.25, -0.2) is 0 Å². The molecule has 1 aromatic rings. The number of carbonyl (C=O) groups excluding carboxylic acids is 1. The first kappa shape index (κ1) is 13.2. The molecule has 90 valence electrons. The van der Waals surface area contributed by atoms with Crippen LogP contribution in [-0.4, -0.2) is 12.5 Å². The number of hydrogen-bond donors (Lipinski definition) is 2. The van der Waals surface area contributed by atoms with Crippen molar-refractivity contribution < 1.29 is 4.79 Å². The van der Waals surface area contributed by atoms with Crippen molar-refractivity contribution in [3.05, 3.63) is 21.9 Å². The minimum absolute atomic E-state index is 0.115. The van der Waals surface area contributed by atoms with Crippen molar-refractivity contribution >= 4 is 17.2 Å². The Morgan fingerprint density at radius 2 is 2.25 bits per heavy atom. The third-order valence-corrected chi connectivity index (χ3v) is 3.61. The maximum Gasteiger partial charge on any atom is 0.220 e. The molecule has 0 aliphatic heterocycles. The molecule has 0 fully saturated rings. The number of amides is 1. The molecule has 1 atom stereocenters. The van der Waals surface area contributed by atoms with E-state index in [4.69, 9.17) is 5.73 Å². The van der Waals surface area contributed by atoms with Crippen LogP contribution in [0.5, 0.6) is 0 Å². The minimum atomic E-state index is 0.115. The van der Waals surface area contributed by atoms with Crippen LogP contribution < -0.4 is 11.1 Å². The molecule has 0 radical (unpaired) electrons. The molecule has 0 spiro atoms. The standard InChI is InChI=1S/C12H20N2OS/c1-9-6-7-11(16-9)10(2)14-12(15)5-3-4-8-13/h6-7,10H,3-5,8,13H2,1-2H3,(H,14,15). The van der Waals surface area contributed by atoms with E-state index in [1.165, 1.54) is 9.75 Å². The molecule has 1 aromatic heterocycles. The lowest BCUT2D eigenvalue weighted by atomic mass is 10.2. The Morgan fingerprint density at radius 3 is 2.81 bits per heavy atom. The van der Waals surface area contributed by atoms with Gasteiger partial charge >= 0.3 is 0 Å². The predicted molar refractivity (Wildman–Crippen MR) is 68.5 cm³/mol. The Hall–Kier alpha value is -0.870. The highest BCUT2D eigenvalue weighted by atomic mass is 32.1. The molecule has 1 amide bonds. The number of thiophene rings is 1. The van der Waals surface area contributed by atoms with Crippen molar-refractivity contribution in [1.29, 1.82) is 0 Å². The van der Waals surface area contributed by atoms with Gasteiger partial charge in [-0.2, -0.15) is 0 Å². The Balaban J connectivity index is 2.33. The summed E-state index contributed by atoms with van der Waals surface area (Å²) in [7, 11) is 0. The summed E-state index contributed by atoms with van der Waals surface area (Å²) in [6.07, 6.45) is 2.37. The van der Waals surface area contributed by atoms with Gasteiger partial charge in [0.1, 0.15) is 0 Å². The van der Waals surface area contributed by atoms with E-state index in [2.05, 4.69) is 24.4 Å². The number of carbonyl (C=O) groups is 1. The normalized spacial score (nSPS) is 12.4. The van der Waals surface area contributed by atoms with Gasteiger partial charge in [0.2, 0.25) is 5.91 Å². The number of hydrogen-bond acceptors (Lipinski definition) is 3. The van der Waals surface area contributed by atoms with Crippen LogP contribution >= 0.6 is 11.3 Å². The van der Waals surface area contributed by atoms with Gasteiger partial charge in [-0.3, -0.25) is 4.79 Å². The van der Waals surface area contributed by atoms with Gasteiger partial charge in [-0.15, -0.1) is 11.3 Å². The van der Waals surface area contributed by atoms with Crippen LogP contribution in [0.3, 0.4) is 0 Å². The smallest absolute Gasteiger partial charge is 0.220 e. The summed E-state index contributed by atoms with van der Waals surface area (Å²) in [5.41, 5.74) is 5.38. The van der Waals surface area contributed by atoms with Crippen molar-refractivity contribution in [3.63, 3.8) is 0 Å². The summed E-state index contributed by atoms with van der Waals surface area (Å²) in [5.74, 6) is 0.118. The van der Waals surface area contributed by atoms with Crippen LogP contribution in [0.25, 0.3) is 0 Å². The van der Waals surface area contributed by atoms with E-state index in [1.807, 2.05) is 6.92 Å². The fourth-order valence-corrected chi connectivity index (χ4v) is 2.38. The maximum atomic E-state index is 11.6. The summed E-state index contributed by atoms with van der Waals surface area (Å²) in [5, 5.41) is 3.00. The lowest BCUT2D eigenvalue weighted by molar-refractivity contribution is -0.121. The van der Waals surface area contributed by atoms with Gasteiger partial charge in [0.15, 0.2) is 0 Å². The van der Waals surface area contributed by atoms with Crippen LogP contribution in [0, 0.1) is 6.92 Å². The lowest BCUT2D eigenvalue weighted by Crippen LogP contribution is -2.25. The second-order valence-electron chi connectivity index (χ2n) is 3.98. The molecule has 0 aliphatic rings. The molecule has 1 unspecified atom stereocenters. The molecular weight excluding hydrogens is 220 g/mol. The zero-order chi connectivity index (χ0) is 12.0. The van der Waals surface area contributed by atoms with E-state index in [1.54, 1.807) is 11.3 Å². The molecular formula is C12H20N2OS. The number of rotatable bonds is 6. The van der Waals surface area contributed by atoms with Crippen molar-refractivity contribution in [2.75, 3.05) is 6.54 Å². The maximum absolute atomic E-state index is 11.6. The highest BCUT2D eigenvalue weighted by Gasteiger charge is 2.10. The fraction of sp³-hybridized carbons (Fsp3) is 0.583. The van der Waals surface area contributed by atoms with E-state index >= 15 is 0 Å². The third kappa shape index (κ3) is 4.33. The highest BCUT2D eigenvalue weighted by Crippen LogP contribution is 2.22. The SMILES string of the molecule is Cc1ccc(C(C)NC(=O)CCCCN)s1. The van der Waals surface area contributed by atoms with Crippen LogP contribution in [0.1, 0.15) is 42.0 Å². The van der Waals surface area contributed by atoms with Crippen LogP contribution in [0.2, 0.25) is 0 Å². The van der Waals surface area contributed by atoms with Gasteiger partial charge in [-0.05, 0) is 45.4 Å². The van der Waals surface area contributed by atoms with Gasteiger partial charge in [0.25, 0.3) is 0 Å². The minimum Gasteiger partial charge on any atom is -0.349 e. The van der Waals surface area contributed by atoms with Gasteiger partial charge in [0.05, 0.1) is 6.04 Å². The molecule has 3 N–H and O–H groups in total.